The molecule has 0 saturated carbocycles. The van der Waals surface area contributed by atoms with E-state index in [4.69, 9.17) is 4.98 Å². The molecule has 1 aliphatic heterocycles. The molecule has 3 heterocycles. The highest BCUT2D eigenvalue weighted by Crippen LogP contribution is 2.34. The lowest BCUT2D eigenvalue weighted by Gasteiger charge is -2.28. The SMILES string of the molecule is O=C(Cc1csc2nc(-c3ccccc3)cn12)N1CCSc2ccccc21. The standard InChI is InChI=1S/C21H17N3OS2/c25-20(23-10-11-26-19-9-5-4-8-18(19)23)12-16-14-27-21-22-17(13-24(16)21)15-6-2-1-3-7-15/h1-9,13-14H,10-12H2. The summed E-state index contributed by atoms with van der Waals surface area (Å²) < 4.78 is 2.05. The molecule has 0 unspecified atom stereocenters. The molecule has 1 aliphatic rings. The number of imidazole rings is 1. The molecule has 0 fully saturated rings. The van der Waals surface area contributed by atoms with Gasteiger partial charge >= 0.3 is 0 Å². The highest BCUT2D eigenvalue weighted by molar-refractivity contribution is 7.99. The van der Waals surface area contributed by atoms with E-state index in [1.165, 1.54) is 4.90 Å². The lowest BCUT2D eigenvalue weighted by atomic mass is 10.2. The quantitative estimate of drug-likeness (QED) is 0.506. The van der Waals surface area contributed by atoms with Gasteiger partial charge in [0.15, 0.2) is 4.96 Å². The van der Waals surface area contributed by atoms with E-state index in [0.717, 1.165) is 39.9 Å². The molecule has 27 heavy (non-hydrogen) atoms. The van der Waals surface area contributed by atoms with Gasteiger partial charge in [0.05, 0.1) is 17.8 Å². The second-order valence-electron chi connectivity index (χ2n) is 6.41. The zero-order chi connectivity index (χ0) is 18.2. The topological polar surface area (TPSA) is 37.6 Å². The molecule has 5 rings (SSSR count). The molecule has 0 atom stereocenters. The molecule has 0 saturated heterocycles. The van der Waals surface area contributed by atoms with Gasteiger partial charge in [0.25, 0.3) is 0 Å². The van der Waals surface area contributed by atoms with Crippen molar-refractivity contribution in [3.63, 3.8) is 0 Å². The number of hydrogen-bond acceptors (Lipinski definition) is 4. The second-order valence-corrected chi connectivity index (χ2v) is 8.38. The Bertz CT molecular complexity index is 1120. The summed E-state index contributed by atoms with van der Waals surface area (Å²) in [5.41, 5.74) is 4.05. The van der Waals surface area contributed by atoms with E-state index in [2.05, 4.69) is 22.6 Å². The fourth-order valence-electron chi connectivity index (χ4n) is 3.38. The van der Waals surface area contributed by atoms with Crippen LogP contribution in [0, 0.1) is 0 Å². The van der Waals surface area contributed by atoms with Gasteiger partial charge in [-0.1, -0.05) is 42.5 Å². The van der Waals surface area contributed by atoms with Crippen molar-refractivity contribution in [3.8, 4) is 11.3 Å². The van der Waals surface area contributed by atoms with Gasteiger partial charge in [-0.2, -0.15) is 0 Å². The van der Waals surface area contributed by atoms with Crippen LogP contribution in [0.25, 0.3) is 16.2 Å². The van der Waals surface area contributed by atoms with E-state index in [9.17, 15) is 4.79 Å². The van der Waals surface area contributed by atoms with Crippen molar-refractivity contribution in [2.24, 2.45) is 0 Å². The monoisotopic (exact) mass is 391 g/mol. The number of nitrogens with zero attached hydrogens (tertiary/aromatic N) is 3. The number of carbonyl (C=O) groups excluding carboxylic acids is 1. The molecule has 0 N–H and O–H groups in total. The van der Waals surface area contributed by atoms with E-state index in [-0.39, 0.29) is 5.91 Å². The van der Waals surface area contributed by atoms with E-state index < -0.39 is 0 Å². The first-order chi connectivity index (χ1) is 13.3. The Hall–Kier alpha value is -2.57. The predicted molar refractivity (Wildman–Crippen MR) is 112 cm³/mol. The minimum absolute atomic E-state index is 0.136. The smallest absolute Gasteiger partial charge is 0.233 e. The molecule has 4 aromatic rings. The van der Waals surface area contributed by atoms with Crippen LogP contribution in [0.3, 0.4) is 0 Å². The maximum absolute atomic E-state index is 13.0. The number of thioether (sulfide) groups is 1. The van der Waals surface area contributed by atoms with Gasteiger partial charge in [0, 0.05) is 40.0 Å². The maximum Gasteiger partial charge on any atom is 0.233 e. The highest BCUT2D eigenvalue weighted by Gasteiger charge is 2.23. The molecule has 0 radical (unpaired) electrons. The van der Waals surface area contributed by atoms with Crippen LogP contribution in [-0.4, -0.2) is 27.6 Å². The van der Waals surface area contributed by atoms with Crippen LogP contribution in [0.5, 0.6) is 0 Å². The molecule has 2 aromatic carbocycles. The summed E-state index contributed by atoms with van der Waals surface area (Å²) in [7, 11) is 0. The van der Waals surface area contributed by atoms with Crippen molar-refractivity contribution in [2.45, 2.75) is 11.3 Å². The van der Waals surface area contributed by atoms with Gasteiger partial charge in [-0.3, -0.25) is 9.20 Å². The normalized spacial score (nSPS) is 13.7. The number of rotatable bonds is 3. The molecular formula is C21H17N3OS2. The average Bonchev–Trinajstić information content (AvgIpc) is 3.30. The number of hydrogen-bond donors (Lipinski definition) is 0. The number of anilines is 1. The first-order valence-corrected chi connectivity index (χ1v) is 10.7. The highest BCUT2D eigenvalue weighted by atomic mass is 32.2. The molecule has 6 heteroatoms. The summed E-state index contributed by atoms with van der Waals surface area (Å²) in [6.07, 6.45) is 2.41. The largest absolute Gasteiger partial charge is 0.310 e. The number of carbonyl (C=O) groups is 1. The summed E-state index contributed by atoms with van der Waals surface area (Å²) in [5, 5.41) is 2.04. The second kappa shape index (κ2) is 6.87. The number of para-hydroxylation sites is 1. The maximum atomic E-state index is 13.0. The molecule has 4 nitrogen and oxygen atoms in total. The van der Waals surface area contributed by atoms with Crippen molar-refractivity contribution in [3.05, 3.63) is 71.9 Å². The summed E-state index contributed by atoms with van der Waals surface area (Å²) in [5.74, 6) is 1.07. The van der Waals surface area contributed by atoms with Gasteiger partial charge in [0.2, 0.25) is 5.91 Å². The van der Waals surface area contributed by atoms with Gasteiger partial charge in [-0.15, -0.1) is 23.1 Å². The van der Waals surface area contributed by atoms with Crippen LogP contribution >= 0.6 is 23.1 Å². The average molecular weight is 392 g/mol. The van der Waals surface area contributed by atoms with Gasteiger partial charge in [-0.25, -0.2) is 4.98 Å². The molecule has 1 amide bonds. The first kappa shape index (κ1) is 16.6. The van der Waals surface area contributed by atoms with E-state index in [1.807, 2.05) is 64.6 Å². The Morgan fingerprint density at radius 3 is 2.78 bits per heavy atom. The van der Waals surface area contributed by atoms with Crippen LogP contribution in [0.2, 0.25) is 0 Å². The van der Waals surface area contributed by atoms with Crippen molar-refractivity contribution >= 4 is 39.7 Å². The third-order valence-corrected chi connectivity index (χ3v) is 6.65. The lowest BCUT2D eigenvalue weighted by Crippen LogP contribution is -2.36. The van der Waals surface area contributed by atoms with E-state index in [0.29, 0.717) is 6.42 Å². The van der Waals surface area contributed by atoms with Crippen LogP contribution in [0.4, 0.5) is 5.69 Å². The van der Waals surface area contributed by atoms with Crippen molar-refractivity contribution < 1.29 is 4.79 Å². The lowest BCUT2D eigenvalue weighted by molar-refractivity contribution is -0.118. The molecule has 2 aromatic heterocycles. The summed E-state index contributed by atoms with van der Waals surface area (Å²) in [6, 6.07) is 18.3. The molecule has 0 bridgehead atoms. The molecule has 134 valence electrons. The van der Waals surface area contributed by atoms with E-state index in [1.54, 1.807) is 11.3 Å². The summed E-state index contributed by atoms with van der Waals surface area (Å²) >= 11 is 3.39. The number of aromatic nitrogens is 2. The predicted octanol–water partition coefficient (Wildman–Crippen LogP) is 4.74. The zero-order valence-corrected chi connectivity index (χ0v) is 16.2. The third-order valence-electron chi connectivity index (χ3n) is 4.71. The number of thiazole rings is 1. The first-order valence-electron chi connectivity index (χ1n) is 8.83. The summed E-state index contributed by atoms with van der Waals surface area (Å²) in [4.78, 5) is 21.8. The van der Waals surface area contributed by atoms with Gasteiger partial charge in [0.1, 0.15) is 0 Å². The van der Waals surface area contributed by atoms with E-state index >= 15 is 0 Å². The Kier molecular flexibility index (Phi) is 4.22. The van der Waals surface area contributed by atoms with Crippen molar-refractivity contribution in [2.75, 3.05) is 17.2 Å². The third kappa shape index (κ3) is 3.05. The Morgan fingerprint density at radius 1 is 1.07 bits per heavy atom. The van der Waals surface area contributed by atoms with Gasteiger partial charge < -0.3 is 4.90 Å². The molecular weight excluding hydrogens is 374 g/mol. The number of benzene rings is 2. The fraction of sp³-hybridized carbons (Fsp3) is 0.143. The van der Waals surface area contributed by atoms with Crippen molar-refractivity contribution in [1.82, 2.24) is 9.38 Å². The van der Waals surface area contributed by atoms with Crippen LogP contribution in [0.15, 0.2) is 71.1 Å². The fourth-order valence-corrected chi connectivity index (χ4v) is 5.25. The van der Waals surface area contributed by atoms with Crippen molar-refractivity contribution in [1.29, 1.82) is 0 Å². The summed E-state index contributed by atoms with van der Waals surface area (Å²) in [6.45, 7) is 0.757. The van der Waals surface area contributed by atoms with Crippen LogP contribution < -0.4 is 4.90 Å². The Labute approximate surface area is 165 Å². The zero-order valence-electron chi connectivity index (χ0n) is 14.5. The van der Waals surface area contributed by atoms with Gasteiger partial charge in [-0.05, 0) is 12.1 Å². The molecule has 0 aliphatic carbocycles. The number of fused-ring (bicyclic) bond motifs is 2. The minimum Gasteiger partial charge on any atom is -0.310 e. The Balaban J connectivity index is 1.44. The van der Waals surface area contributed by atoms with Crippen LogP contribution in [-0.2, 0) is 11.2 Å². The Morgan fingerprint density at radius 2 is 1.89 bits per heavy atom. The number of amides is 1. The van der Waals surface area contributed by atoms with Crippen LogP contribution in [0.1, 0.15) is 5.69 Å². The molecule has 0 spiro atoms. The minimum atomic E-state index is 0.136.